The molecule has 1 aliphatic heterocycles. The fourth-order valence-corrected chi connectivity index (χ4v) is 3.28. The first-order valence-corrected chi connectivity index (χ1v) is 8.30. The third kappa shape index (κ3) is 6.37. The van der Waals surface area contributed by atoms with E-state index in [0.717, 1.165) is 0 Å². The molecule has 1 saturated heterocycles. The minimum Gasteiger partial charge on any atom is -0.481 e. The van der Waals surface area contributed by atoms with E-state index in [9.17, 15) is 14.7 Å². The molecule has 0 radical (unpaired) electrons. The molecular weight excluding hydrogens is 314 g/mol. The average Bonchev–Trinajstić information content (AvgIpc) is 2.31. The lowest BCUT2D eigenvalue weighted by molar-refractivity contribution is -0.306. The zero-order valence-corrected chi connectivity index (χ0v) is 15.6. The fraction of sp³-hybridized carbons (Fsp3) is 0.882. The van der Waals surface area contributed by atoms with E-state index in [4.69, 9.17) is 14.7 Å². The summed E-state index contributed by atoms with van der Waals surface area (Å²) in [5.74, 6) is -1.50. The van der Waals surface area contributed by atoms with Crippen molar-refractivity contribution in [3.63, 3.8) is 0 Å². The Morgan fingerprint density at radius 2 is 1.62 bits per heavy atom. The van der Waals surface area contributed by atoms with E-state index >= 15 is 0 Å². The van der Waals surface area contributed by atoms with Crippen molar-refractivity contribution in [1.82, 2.24) is 5.06 Å². The van der Waals surface area contributed by atoms with Crippen LogP contribution in [0.15, 0.2) is 0 Å². The number of piperidine rings is 1. The number of esters is 1. The number of nitrogens with zero attached hydrogens (tertiary/aromatic N) is 1. The van der Waals surface area contributed by atoms with Gasteiger partial charge in [-0.25, -0.2) is 0 Å². The quantitative estimate of drug-likeness (QED) is 0.682. The SMILES string of the molecule is CC(C)(O)CON1C(C)(C)CC(OC(=O)CCC(=O)O)CC1(C)C. The van der Waals surface area contributed by atoms with Crippen molar-refractivity contribution in [2.75, 3.05) is 6.61 Å². The number of hydrogen-bond acceptors (Lipinski definition) is 6. The number of ether oxygens (including phenoxy) is 1. The molecular formula is C17H31NO6. The molecule has 24 heavy (non-hydrogen) atoms. The van der Waals surface area contributed by atoms with E-state index in [0.29, 0.717) is 12.8 Å². The molecule has 2 N–H and O–H groups in total. The summed E-state index contributed by atoms with van der Waals surface area (Å²) >= 11 is 0. The van der Waals surface area contributed by atoms with Gasteiger partial charge >= 0.3 is 11.9 Å². The maximum Gasteiger partial charge on any atom is 0.306 e. The van der Waals surface area contributed by atoms with E-state index in [-0.39, 0.29) is 25.6 Å². The Morgan fingerprint density at radius 1 is 1.12 bits per heavy atom. The maximum absolute atomic E-state index is 11.8. The summed E-state index contributed by atoms with van der Waals surface area (Å²) in [5, 5.41) is 20.4. The second-order valence-corrected chi connectivity index (χ2v) is 8.42. The monoisotopic (exact) mass is 345 g/mol. The number of carboxylic acids is 1. The Kier molecular flexibility index (Phi) is 6.41. The summed E-state index contributed by atoms with van der Waals surface area (Å²) in [7, 11) is 0. The average molecular weight is 345 g/mol. The van der Waals surface area contributed by atoms with Gasteiger partial charge in [0.15, 0.2) is 0 Å². The molecule has 140 valence electrons. The van der Waals surface area contributed by atoms with Crippen molar-refractivity contribution in [3.05, 3.63) is 0 Å². The van der Waals surface area contributed by atoms with Crippen molar-refractivity contribution in [1.29, 1.82) is 0 Å². The molecule has 1 heterocycles. The number of aliphatic carboxylic acids is 1. The summed E-state index contributed by atoms with van der Waals surface area (Å²) in [6.45, 7) is 11.5. The number of carbonyl (C=O) groups is 2. The number of carboxylic acid groups (broad SMARTS) is 1. The first kappa shape index (κ1) is 20.9. The zero-order chi connectivity index (χ0) is 18.8. The van der Waals surface area contributed by atoms with Crippen molar-refractivity contribution >= 4 is 11.9 Å². The molecule has 0 spiro atoms. The zero-order valence-electron chi connectivity index (χ0n) is 15.6. The van der Waals surface area contributed by atoms with E-state index < -0.39 is 28.6 Å². The summed E-state index contributed by atoms with van der Waals surface area (Å²) in [6, 6.07) is 0. The molecule has 0 aromatic heterocycles. The van der Waals surface area contributed by atoms with Gasteiger partial charge < -0.3 is 14.9 Å². The number of carbonyl (C=O) groups excluding carboxylic acids is 1. The van der Waals surface area contributed by atoms with Gasteiger partial charge in [0.2, 0.25) is 0 Å². The standard InChI is InChI=1S/C17H31NO6/c1-15(2)9-12(24-14(21)8-7-13(19)20)10-16(3,4)18(15)23-11-17(5,6)22/h12,22H,7-11H2,1-6H3,(H,19,20). The first-order valence-electron chi connectivity index (χ1n) is 8.30. The Hall–Kier alpha value is -1.18. The Labute approximate surface area is 143 Å². The van der Waals surface area contributed by atoms with Crippen LogP contribution in [0.2, 0.25) is 0 Å². The third-order valence-electron chi connectivity index (χ3n) is 3.94. The molecule has 0 aromatic carbocycles. The van der Waals surface area contributed by atoms with Gasteiger partial charge in [0.05, 0.1) is 25.0 Å². The van der Waals surface area contributed by atoms with Gasteiger partial charge in [-0.05, 0) is 41.5 Å². The molecule has 7 heteroatoms. The predicted octanol–water partition coefficient (Wildman–Crippen LogP) is 2.12. The van der Waals surface area contributed by atoms with Crippen LogP contribution in [0, 0.1) is 0 Å². The van der Waals surface area contributed by atoms with Crippen LogP contribution < -0.4 is 0 Å². The highest BCUT2D eigenvalue weighted by atomic mass is 16.7. The van der Waals surface area contributed by atoms with Crippen LogP contribution in [-0.4, -0.2) is 56.6 Å². The smallest absolute Gasteiger partial charge is 0.306 e. The number of hydrogen-bond donors (Lipinski definition) is 2. The fourth-order valence-electron chi connectivity index (χ4n) is 3.28. The molecule has 1 fully saturated rings. The molecule has 7 nitrogen and oxygen atoms in total. The number of rotatable bonds is 7. The van der Waals surface area contributed by atoms with E-state index in [2.05, 4.69) is 0 Å². The van der Waals surface area contributed by atoms with Crippen LogP contribution in [0.5, 0.6) is 0 Å². The lowest BCUT2D eigenvalue weighted by Crippen LogP contribution is -2.62. The van der Waals surface area contributed by atoms with Gasteiger partial charge in [-0.2, -0.15) is 5.06 Å². The number of hydroxylamine groups is 2. The van der Waals surface area contributed by atoms with Gasteiger partial charge in [0.25, 0.3) is 0 Å². The van der Waals surface area contributed by atoms with Gasteiger partial charge in [-0.15, -0.1) is 0 Å². The summed E-state index contributed by atoms with van der Waals surface area (Å²) in [4.78, 5) is 28.2. The van der Waals surface area contributed by atoms with Crippen LogP contribution in [-0.2, 0) is 19.2 Å². The molecule has 0 aromatic rings. The molecule has 0 unspecified atom stereocenters. The lowest BCUT2D eigenvalue weighted by Gasteiger charge is -2.53. The van der Waals surface area contributed by atoms with Crippen LogP contribution in [0.3, 0.4) is 0 Å². The molecule has 1 aliphatic rings. The minimum atomic E-state index is -1.01. The highest BCUT2D eigenvalue weighted by Gasteiger charge is 2.48. The molecule has 0 saturated carbocycles. The van der Waals surface area contributed by atoms with Gasteiger partial charge in [-0.1, -0.05) is 0 Å². The van der Waals surface area contributed by atoms with Crippen LogP contribution in [0.25, 0.3) is 0 Å². The Balaban J connectivity index is 2.72. The Morgan fingerprint density at radius 3 is 2.04 bits per heavy atom. The lowest BCUT2D eigenvalue weighted by atomic mass is 9.80. The second-order valence-electron chi connectivity index (χ2n) is 8.42. The van der Waals surface area contributed by atoms with E-state index in [1.54, 1.807) is 13.8 Å². The third-order valence-corrected chi connectivity index (χ3v) is 3.94. The van der Waals surface area contributed by atoms with Crippen LogP contribution in [0.1, 0.15) is 67.2 Å². The molecule has 1 rings (SSSR count). The molecule has 0 bridgehead atoms. The van der Waals surface area contributed by atoms with Crippen molar-refractivity contribution in [3.8, 4) is 0 Å². The van der Waals surface area contributed by atoms with Crippen LogP contribution in [0.4, 0.5) is 0 Å². The number of aliphatic hydroxyl groups is 1. The van der Waals surface area contributed by atoms with E-state index in [1.165, 1.54) is 0 Å². The normalized spacial score (nSPS) is 21.5. The van der Waals surface area contributed by atoms with Gasteiger partial charge in [0, 0.05) is 23.9 Å². The van der Waals surface area contributed by atoms with E-state index in [1.807, 2.05) is 32.8 Å². The predicted molar refractivity (Wildman–Crippen MR) is 88.2 cm³/mol. The van der Waals surface area contributed by atoms with Crippen molar-refractivity contribution in [2.24, 2.45) is 0 Å². The maximum atomic E-state index is 11.8. The molecule has 0 aliphatic carbocycles. The summed E-state index contributed by atoms with van der Waals surface area (Å²) < 4.78 is 5.47. The summed E-state index contributed by atoms with van der Waals surface area (Å²) in [6.07, 6.45) is 0.505. The van der Waals surface area contributed by atoms with Crippen LogP contribution >= 0.6 is 0 Å². The first-order chi connectivity index (χ1) is 10.7. The molecule has 0 amide bonds. The largest absolute Gasteiger partial charge is 0.481 e. The minimum absolute atomic E-state index is 0.119. The topological polar surface area (TPSA) is 96.3 Å². The Bertz CT molecular complexity index is 448. The summed E-state index contributed by atoms with van der Waals surface area (Å²) in [5.41, 5.74) is -1.73. The van der Waals surface area contributed by atoms with Crippen molar-refractivity contribution in [2.45, 2.75) is 90.0 Å². The highest BCUT2D eigenvalue weighted by Crippen LogP contribution is 2.40. The van der Waals surface area contributed by atoms with Gasteiger partial charge in [0.1, 0.15) is 6.10 Å². The second kappa shape index (κ2) is 7.37. The van der Waals surface area contributed by atoms with Gasteiger partial charge in [-0.3, -0.25) is 14.4 Å². The molecule has 0 atom stereocenters. The highest BCUT2D eigenvalue weighted by molar-refractivity contribution is 5.76. The van der Waals surface area contributed by atoms with Crippen molar-refractivity contribution < 1.29 is 29.4 Å².